The van der Waals surface area contributed by atoms with Gasteiger partial charge in [0.1, 0.15) is 5.60 Å². The highest BCUT2D eigenvalue weighted by molar-refractivity contribution is 9.11. The van der Waals surface area contributed by atoms with Crippen LogP contribution < -0.4 is 10.0 Å². The number of hydrogen-bond donors (Lipinski definition) is 2. The van der Waals surface area contributed by atoms with Gasteiger partial charge < -0.3 is 15.0 Å². The molecule has 2 atom stereocenters. The lowest BCUT2D eigenvalue weighted by atomic mass is 9.95. The van der Waals surface area contributed by atoms with E-state index in [2.05, 4.69) is 41.9 Å². The van der Waals surface area contributed by atoms with E-state index in [1.165, 1.54) is 11.0 Å². The van der Waals surface area contributed by atoms with E-state index < -0.39 is 39.2 Å². The molecule has 0 aromatic heterocycles. The van der Waals surface area contributed by atoms with Crippen molar-refractivity contribution in [3.63, 3.8) is 0 Å². The third-order valence-electron chi connectivity index (χ3n) is 4.73. The molecule has 1 aliphatic rings. The number of nitrogens with one attached hydrogen (secondary N) is 2. The van der Waals surface area contributed by atoms with Gasteiger partial charge in [0.25, 0.3) is 0 Å². The maximum Gasteiger partial charge on any atom is 0.410 e. The van der Waals surface area contributed by atoms with Crippen LogP contribution in [0.25, 0.3) is 0 Å². The first kappa shape index (κ1) is 27.1. The van der Waals surface area contributed by atoms with Crippen molar-refractivity contribution < 1.29 is 22.7 Å². The summed E-state index contributed by atoms with van der Waals surface area (Å²) in [5.74, 6) is -0.149. The number of carbonyl (C=O) groups is 2. The summed E-state index contributed by atoms with van der Waals surface area (Å²) in [6.45, 7) is 11.0. The number of sulfonamides is 1. The average Bonchev–Trinajstić information content (AvgIpc) is 3.01. The van der Waals surface area contributed by atoms with Crippen molar-refractivity contribution in [3.8, 4) is 0 Å². The summed E-state index contributed by atoms with van der Waals surface area (Å²) < 4.78 is 35.3. The zero-order chi connectivity index (χ0) is 24.5. The maximum atomic E-state index is 13.0. The summed E-state index contributed by atoms with van der Waals surface area (Å²) >= 11 is 6.58. The fourth-order valence-corrected chi connectivity index (χ4v) is 5.92. The second kappa shape index (κ2) is 9.99. The summed E-state index contributed by atoms with van der Waals surface area (Å²) in [6, 6.07) is 3.94. The van der Waals surface area contributed by atoms with E-state index in [-0.39, 0.29) is 23.9 Å². The number of hydrogen-bond acceptors (Lipinski definition) is 5. The van der Waals surface area contributed by atoms with Gasteiger partial charge in [-0.25, -0.2) is 17.9 Å². The summed E-state index contributed by atoms with van der Waals surface area (Å²) in [7, 11) is -3.85. The highest BCUT2D eigenvalue weighted by Gasteiger charge is 2.40. The van der Waals surface area contributed by atoms with Crippen LogP contribution in [0.15, 0.2) is 32.0 Å². The first-order chi connectivity index (χ1) is 14.5. The molecule has 0 spiro atoms. The van der Waals surface area contributed by atoms with Crippen LogP contribution in [0.3, 0.4) is 0 Å². The molecule has 2 N–H and O–H groups in total. The molecular formula is C21H31Br2N3O5S. The third-order valence-corrected chi connectivity index (χ3v) is 7.73. The van der Waals surface area contributed by atoms with Crippen LogP contribution >= 0.6 is 31.9 Å². The number of rotatable bonds is 5. The smallest absolute Gasteiger partial charge is 0.410 e. The molecule has 1 aliphatic heterocycles. The molecular weight excluding hydrogens is 566 g/mol. The van der Waals surface area contributed by atoms with Crippen molar-refractivity contribution in [3.05, 3.63) is 27.1 Å². The molecule has 1 fully saturated rings. The molecule has 8 nitrogen and oxygen atoms in total. The Morgan fingerprint density at radius 2 is 1.78 bits per heavy atom. The minimum atomic E-state index is -3.85. The summed E-state index contributed by atoms with van der Waals surface area (Å²) in [5, 5.41) is 2.86. The van der Waals surface area contributed by atoms with Gasteiger partial charge in [-0.3, -0.25) is 4.79 Å². The minimum Gasteiger partial charge on any atom is -0.444 e. The van der Waals surface area contributed by atoms with E-state index in [0.717, 1.165) is 0 Å². The molecule has 11 heteroatoms. The van der Waals surface area contributed by atoms with Gasteiger partial charge in [0.05, 0.1) is 10.9 Å². The van der Waals surface area contributed by atoms with E-state index in [4.69, 9.17) is 4.74 Å². The van der Waals surface area contributed by atoms with E-state index in [1.54, 1.807) is 53.7 Å². The summed E-state index contributed by atoms with van der Waals surface area (Å²) in [4.78, 5) is 26.7. The van der Waals surface area contributed by atoms with Crippen molar-refractivity contribution in [2.45, 2.75) is 70.5 Å². The number of ether oxygens (including phenoxy) is 1. The van der Waals surface area contributed by atoms with Gasteiger partial charge in [0, 0.05) is 33.5 Å². The number of halogens is 2. The Morgan fingerprint density at radius 3 is 2.34 bits per heavy atom. The quantitative estimate of drug-likeness (QED) is 0.534. The number of amides is 2. The lowest BCUT2D eigenvalue weighted by molar-refractivity contribution is -0.128. The van der Waals surface area contributed by atoms with Gasteiger partial charge in [0.2, 0.25) is 15.9 Å². The van der Waals surface area contributed by atoms with E-state index in [9.17, 15) is 18.0 Å². The summed E-state index contributed by atoms with van der Waals surface area (Å²) in [6.07, 6.45) is -0.202. The molecule has 0 bridgehead atoms. The minimum absolute atomic E-state index is 0.0974. The van der Waals surface area contributed by atoms with E-state index in [0.29, 0.717) is 15.4 Å². The van der Waals surface area contributed by atoms with Gasteiger partial charge >= 0.3 is 6.09 Å². The van der Waals surface area contributed by atoms with Crippen molar-refractivity contribution in [1.29, 1.82) is 0 Å². The molecule has 0 saturated carbocycles. The Labute approximate surface area is 207 Å². The van der Waals surface area contributed by atoms with Crippen molar-refractivity contribution >= 4 is 53.9 Å². The van der Waals surface area contributed by atoms with E-state index in [1.807, 2.05) is 0 Å². The summed E-state index contributed by atoms with van der Waals surface area (Å²) in [5.41, 5.74) is -1.28. The third kappa shape index (κ3) is 7.43. The lowest BCUT2D eigenvalue weighted by Gasteiger charge is -2.29. The standard InChI is InChI=1S/C21H31Br2N3O5S/c1-20(2,3)18(27)24-11-15-10-14(12-26(15)19(28)31-21(4,5)6)25-32(29,30)17-9-13(22)7-8-16(17)23/h7-9,14-15,25H,10-12H2,1-6H3,(H,24,27)/t14-,15-/m1/s1. The van der Waals surface area contributed by atoms with Crippen molar-refractivity contribution in [2.75, 3.05) is 13.1 Å². The largest absolute Gasteiger partial charge is 0.444 e. The molecule has 32 heavy (non-hydrogen) atoms. The molecule has 180 valence electrons. The molecule has 2 rings (SSSR count). The second-order valence-electron chi connectivity index (χ2n) is 9.88. The topological polar surface area (TPSA) is 105 Å². The molecule has 0 radical (unpaired) electrons. The van der Waals surface area contributed by atoms with Crippen LogP contribution in [-0.4, -0.2) is 56.1 Å². The first-order valence-corrected chi connectivity index (χ1v) is 13.3. The normalized spacial score (nSPS) is 19.7. The SMILES string of the molecule is CC(C)(C)OC(=O)N1C[C@H](NS(=O)(=O)c2cc(Br)ccc2Br)C[C@@H]1CNC(=O)C(C)(C)C. The van der Waals surface area contributed by atoms with Gasteiger partial charge in [-0.1, -0.05) is 36.7 Å². The van der Waals surface area contributed by atoms with Crippen LogP contribution in [0, 0.1) is 5.41 Å². The Morgan fingerprint density at radius 1 is 1.16 bits per heavy atom. The number of benzene rings is 1. The molecule has 1 heterocycles. The number of nitrogens with zero attached hydrogens (tertiary/aromatic N) is 1. The molecule has 1 saturated heterocycles. The van der Waals surface area contributed by atoms with Gasteiger partial charge in [-0.15, -0.1) is 0 Å². The molecule has 0 unspecified atom stereocenters. The Kier molecular flexibility index (Phi) is 8.45. The highest BCUT2D eigenvalue weighted by Crippen LogP contribution is 2.28. The molecule has 1 aromatic carbocycles. The van der Waals surface area contributed by atoms with Crippen molar-refractivity contribution in [2.24, 2.45) is 5.41 Å². The average molecular weight is 597 g/mol. The predicted octanol–water partition coefficient (Wildman–Crippen LogP) is 4.03. The maximum absolute atomic E-state index is 13.0. The zero-order valence-electron chi connectivity index (χ0n) is 19.2. The fraction of sp³-hybridized carbons (Fsp3) is 0.619. The number of carbonyl (C=O) groups excluding carboxylic acids is 2. The molecule has 2 amide bonds. The predicted molar refractivity (Wildman–Crippen MR) is 130 cm³/mol. The highest BCUT2D eigenvalue weighted by atomic mass is 79.9. The molecule has 0 aliphatic carbocycles. The van der Waals surface area contributed by atoms with Crippen LogP contribution in [0.1, 0.15) is 48.0 Å². The zero-order valence-corrected chi connectivity index (χ0v) is 23.1. The van der Waals surface area contributed by atoms with Crippen molar-refractivity contribution in [1.82, 2.24) is 14.9 Å². The first-order valence-electron chi connectivity index (χ1n) is 10.2. The lowest BCUT2D eigenvalue weighted by Crippen LogP contribution is -2.47. The van der Waals surface area contributed by atoms with Crippen LogP contribution in [-0.2, 0) is 19.6 Å². The Bertz CT molecular complexity index is 971. The van der Waals surface area contributed by atoms with Gasteiger partial charge in [0.15, 0.2) is 0 Å². The Balaban J connectivity index is 2.21. The van der Waals surface area contributed by atoms with Crippen LogP contribution in [0.5, 0.6) is 0 Å². The van der Waals surface area contributed by atoms with Crippen LogP contribution in [0.2, 0.25) is 0 Å². The fourth-order valence-electron chi connectivity index (χ4n) is 3.18. The number of likely N-dealkylation sites (tertiary alicyclic amines) is 1. The Hall–Kier alpha value is -1.17. The van der Waals surface area contributed by atoms with Gasteiger partial charge in [-0.05, 0) is 61.3 Å². The van der Waals surface area contributed by atoms with Crippen LogP contribution in [0.4, 0.5) is 4.79 Å². The monoisotopic (exact) mass is 595 g/mol. The second-order valence-corrected chi connectivity index (χ2v) is 13.3. The van der Waals surface area contributed by atoms with E-state index >= 15 is 0 Å². The van der Waals surface area contributed by atoms with Gasteiger partial charge in [-0.2, -0.15) is 0 Å². The molecule has 1 aromatic rings.